The molecule has 1 unspecified atom stereocenters. The van der Waals surface area contributed by atoms with E-state index < -0.39 is 11.2 Å². The average Bonchev–Trinajstić information content (AvgIpc) is 3.03. The van der Waals surface area contributed by atoms with Crippen LogP contribution in [0.25, 0.3) is 11.3 Å². The quantitative estimate of drug-likeness (QED) is 0.543. The Morgan fingerprint density at radius 2 is 1.97 bits per heavy atom. The van der Waals surface area contributed by atoms with Crippen LogP contribution in [0.2, 0.25) is 0 Å². The molecule has 0 fully saturated rings. The molecule has 0 amide bonds. The van der Waals surface area contributed by atoms with E-state index in [1.807, 2.05) is 31.2 Å². The number of non-ortho nitro benzene ring substituents is 1. The molecule has 0 saturated carbocycles. The Hall–Kier alpha value is -3.96. The number of nitrogens with two attached hydrogens (primary N) is 1. The van der Waals surface area contributed by atoms with Crippen molar-refractivity contribution < 1.29 is 9.66 Å². The van der Waals surface area contributed by atoms with Gasteiger partial charge in [0.1, 0.15) is 6.07 Å². The van der Waals surface area contributed by atoms with Crippen molar-refractivity contribution in [3.63, 3.8) is 0 Å². The van der Waals surface area contributed by atoms with Crippen LogP contribution in [0.5, 0.6) is 5.88 Å². The summed E-state index contributed by atoms with van der Waals surface area (Å²) in [4.78, 5) is 10.8. The molecule has 2 N–H and O–H groups in total. The van der Waals surface area contributed by atoms with Gasteiger partial charge in [-0.1, -0.05) is 29.8 Å². The van der Waals surface area contributed by atoms with Gasteiger partial charge in [-0.15, -0.1) is 0 Å². The fourth-order valence-corrected chi connectivity index (χ4v) is 3.41. The highest BCUT2D eigenvalue weighted by molar-refractivity contribution is 5.89. The number of nitriles is 1. The van der Waals surface area contributed by atoms with E-state index in [-0.39, 0.29) is 11.3 Å². The van der Waals surface area contributed by atoms with Crippen LogP contribution in [0.15, 0.2) is 54.1 Å². The van der Waals surface area contributed by atoms with Crippen LogP contribution < -0.4 is 10.5 Å². The number of hydrogen-bond donors (Lipinski definition) is 1. The molecule has 1 aliphatic rings. The number of hydrogen-bond acceptors (Lipinski definition) is 6. The molecule has 8 heteroatoms. The smallest absolute Gasteiger partial charge is 0.270 e. The molecule has 3 aromatic rings. The largest absolute Gasteiger partial charge is 0.453 e. The van der Waals surface area contributed by atoms with Gasteiger partial charge in [-0.3, -0.25) is 15.8 Å². The molecule has 0 radical (unpaired) electrons. The number of fused-ring (bicyclic) bond motifs is 1. The first-order chi connectivity index (χ1) is 13.9. The Morgan fingerprint density at radius 1 is 1.24 bits per heavy atom. The molecule has 2 heterocycles. The van der Waals surface area contributed by atoms with Crippen molar-refractivity contribution in [2.45, 2.75) is 20.1 Å². The van der Waals surface area contributed by atoms with Gasteiger partial charge in [-0.05, 0) is 31.5 Å². The van der Waals surface area contributed by atoms with Gasteiger partial charge < -0.3 is 4.74 Å². The third kappa shape index (κ3) is 3.03. The summed E-state index contributed by atoms with van der Waals surface area (Å²) in [5.74, 6) is 0.402. The molecule has 144 valence electrons. The number of benzene rings is 2. The van der Waals surface area contributed by atoms with E-state index in [1.54, 1.807) is 23.7 Å². The average molecular weight is 387 g/mol. The molecular weight excluding hydrogens is 370 g/mol. The lowest BCUT2D eigenvalue weighted by atomic mass is 9.91. The SMILES string of the molecule is Cc1ccc(-n2nc(C)c3c2OC(N)C(C#N)=C3c2cccc([N+](=O)[O-])c2)cc1. The Balaban J connectivity index is 1.98. The summed E-state index contributed by atoms with van der Waals surface area (Å²) in [5, 5.41) is 25.5. The first kappa shape index (κ1) is 18.4. The van der Waals surface area contributed by atoms with Crippen LogP contribution in [0.4, 0.5) is 5.69 Å². The maximum Gasteiger partial charge on any atom is 0.270 e. The van der Waals surface area contributed by atoms with Gasteiger partial charge in [-0.2, -0.15) is 10.4 Å². The van der Waals surface area contributed by atoms with Gasteiger partial charge >= 0.3 is 0 Å². The monoisotopic (exact) mass is 387 g/mol. The van der Waals surface area contributed by atoms with Gasteiger partial charge in [-0.25, -0.2) is 4.68 Å². The third-order valence-corrected chi connectivity index (χ3v) is 4.81. The Bertz CT molecular complexity index is 1200. The lowest BCUT2D eigenvalue weighted by Crippen LogP contribution is -2.33. The molecule has 0 spiro atoms. The van der Waals surface area contributed by atoms with Crippen molar-refractivity contribution in [2.24, 2.45) is 5.73 Å². The van der Waals surface area contributed by atoms with Crippen LogP contribution in [0, 0.1) is 35.3 Å². The van der Waals surface area contributed by atoms with Crippen molar-refractivity contribution in [2.75, 3.05) is 0 Å². The lowest BCUT2D eigenvalue weighted by Gasteiger charge is -2.24. The summed E-state index contributed by atoms with van der Waals surface area (Å²) in [7, 11) is 0. The first-order valence-electron chi connectivity index (χ1n) is 8.89. The zero-order valence-corrected chi connectivity index (χ0v) is 15.8. The highest BCUT2D eigenvalue weighted by atomic mass is 16.6. The predicted molar refractivity (Wildman–Crippen MR) is 106 cm³/mol. The Kier molecular flexibility index (Phi) is 4.37. The molecule has 1 aliphatic heterocycles. The van der Waals surface area contributed by atoms with E-state index in [1.165, 1.54) is 12.1 Å². The number of nitro benzene ring substituents is 1. The summed E-state index contributed by atoms with van der Waals surface area (Å²) < 4.78 is 7.50. The van der Waals surface area contributed by atoms with Gasteiger partial charge in [0, 0.05) is 17.7 Å². The molecule has 1 atom stereocenters. The molecule has 4 rings (SSSR count). The van der Waals surface area contributed by atoms with Crippen LogP contribution in [0.3, 0.4) is 0 Å². The maximum absolute atomic E-state index is 11.2. The van der Waals surface area contributed by atoms with Crippen LogP contribution in [-0.2, 0) is 0 Å². The molecule has 0 bridgehead atoms. The van der Waals surface area contributed by atoms with Crippen molar-refractivity contribution >= 4 is 11.3 Å². The minimum atomic E-state index is -1.01. The molecule has 29 heavy (non-hydrogen) atoms. The zero-order valence-electron chi connectivity index (χ0n) is 15.8. The topological polar surface area (TPSA) is 120 Å². The van der Waals surface area contributed by atoms with Crippen molar-refractivity contribution in [1.82, 2.24) is 9.78 Å². The second kappa shape index (κ2) is 6.89. The van der Waals surface area contributed by atoms with Gasteiger partial charge in [0.15, 0.2) is 6.23 Å². The molecule has 0 saturated heterocycles. The Morgan fingerprint density at radius 3 is 2.62 bits per heavy atom. The van der Waals surface area contributed by atoms with Crippen LogP contribution in [-0.4, -0.2) is 20.9 Å². The second-order valence-corrected chi connectivity index (χ2v) is 6.76. The second-order valence-electron chi connectivity index (χ2n) is 6.76. The number of aryl methyl sites for hydroxylation is 2. The van der Waals surface area contributed by atoms with Gasteiger partial charge in [0.05, 0.1) is 27.4 Å². The summed E-state index contributed by atoms with van der Waals surface area (Å²) >= 11 is 0. The van der Waals surface area contributed by atoms with Crippen molar-refractivity contribution in [3.8, 4) is 17.6 Å². The Labute approximate surface area is 166 Å². The normalized spacial score (nSPS) is 15.4. The molecule has 8 nitrogen and oxygen atoms in total. The van der Waals surface area contributed by atoms with Crippen molar-refractivity contribution in [3.05, 3.63) is 86.6 Å². The standard InChI is InChI=1S/C21H17N5O3/c1-12-6-8-15(9-7-12)25-21-18(13(2)24-25)19(17(11-22)20(23)29-21)14-4-3-5-16(10-14)26(27)28/h3-10,20H,23H2,1-2H3. The number of aromatic nitrogens is 2. The molecule has 0 aliphatic carbocycles. The van der Waals surface area contributed by atoms with Crippen LogP contribution in [0.1, 0.15) is 22.4 Å². The lowest BCUT2D eigenvalue weighted by molar-refractivity contribution is -0.384. The fourth-order valence-electron chi connectivity index (χ4n) is 3.41. The van der Waals surface area contributed by atoms with Crippen molar-refractivity contribution in [1.29, 1.82) is 5.26 Å². The zero-order chi connectivity index (χ0) is 20.7. The van der Waals surface area contributed by atoms with E-state index in [0.29, 0.717) is 28.3 Å². The number of ether oxygens (including phenoxy) is 1. The van der Waals surface area contributed by atoms with E-state index >= 15 is 0 Å². The van der Waals surface area contributed by atoms with E-state index in [0.717, 1.165) is 11.3 Å². The van der Waals surface area contributed by atoms with Gasteiger partial charge in [0.2, 0.25) is 5.88 Å². The summed E-state index contributed by atoms with van der Waals surface area (Å²) in [6.07, 6.45) is -1.01. The minimum absolute atomic E-state index is 0.0718. The molecule has 2 aromatic carbocycles. The summed E-state index contributed by atoms with van der Waals surface area (Å²) in [6, 6.07) is 16.0. The van der Waals surface area contributed by atoms with E-state index in [9.17, 15) is 15.4 Å². The number of rotatable bonds is 3. The third-order valence-electron chi connectivity index (χ3n) is 4.81. The number of nitro groups is 1. The minimum Gasteiger partial charge on any atom is -0.453 e. The highest BCUT2D eigenvalue weighted by Gasteiger charge is 2.33. The first-order valence-corrected chi connectivity index (χ1v) is 8.89. The maximum atomic E-state index is 11.2. The fraction of sp³-hybridized carbons (Fsp3) is 0.143. The number of nitrogens with zero attached hydrogens (tertiary/aromatic N) is 4. The van der Waals surface area contributed by atoms with E-state index in [4.69, 9.17) is 10.5 Å². The van der Waals surface area contributed by atoms with Gasteiger partial charge in [0.25, 0.3) is 5.69 Å². The molecular formula is C21H17N5O3. The van der Waals surface area contributed by atoms with Crippen LogP contribution >= 0.6 is 0 Å². The highest BCUT2D eigenvalue weighted by Crippen LogP contribution is 2.42. The summed E-state index contributed by atoms with van der Waals surface area (Å²) in [5.41, 5.74) is 10.4. The van der Waals surface area contributed by atoms with E-state index in [2.05, 4.69) is 11.2 Å². The predicted octanol–water partition coefficient (Wildman–Crippen LogP) is 3.40. The molecule has 1 aromatic heterocycles. The summed E-state index contributed by atoms with van der Waals surface area (Å²) in [6.45, 7) is 3.79.